The van der Waals surface area contributed by atoms with E-state index in [0.717, 1.165) is 24.8 Å². The van der Waals surface area contributed by atoms with Gasteiger partial charge in [0.1, 0.15) is 0 Å². The van der Waals surface area contributed by atoms with E-state index in [1.54, 1.807) is 34.7 Å². The lowest BCUT2D eigenvalue weighted by atomic mass is 10.2. The summed E-state index contributed by atoms with van der Waals surface area (Å²) in [6.45, 7) is 3.33. The average molecular weight is 348 g/mol. The molecule has 1 aliphatic heterocycles. The van der Waals surface area contributed by atoms with Crippen molar-refractivity contribution in [1.29, 1.82) is 0 Å². The quantitative estimate of drug-likeness (QED) is 0.635. The second kappa shape index (κ2) is 8.80. The van der Waals surface area contributed by atoms with E-state index in [1.165, 1.54) is 6.08 Å². The highest BCUT2D eigenvalue weighted by atomic mass is 32.2. The van der Waals surface area contributed by atoms with Gasteiger partial charge < -0.3 is 5.32 Å². The normalized spacial score (nSPS) is 16.7. The lowest BCUT2D eigenvalue weighted by Crippen LogP contribution is -2.35. The van der Waals surface area contributed by atoms with E-state index in [9.17, 15) is 13.2 Å². The molecule has 130 valence electrons. The zero-order chi connectivity index (χ0) is 17.4. The van der Waals surface area contributed by atoms with Crippen LogP contribution in [0.4, 0.5) is 0 Å². The molecule has 1 amide bonds. The van der Waals surface area contributed by atoms with Gasteiger partial charge in [-0.25, -0.2) is 8.42 Å². The first-order valence-corrected chi connectivity index (χ1v) is 9.64. The molecule has 0 spiro atoms. The molecule has 0 saturated carbocycles. The number of amides is 1. The summed E-state index contributed by atoms with van der Waals surface area (Å²) in [7, 11) is -3.44. The van der Waals surface area contributed by atoms with Gasteiger partial charge >= 0.3 is 0 Å². The Labute approximate surface area is 144 Å². The number of carbonyl (C=O) groups is 1. The van der Waals surface area contributed by atoms with Crippen LogP contribution < -0.4 is 5.32 Å². The van der Waals surface area contributed by atoms with Crippen molar-refractivity contribution >= 4 is 15.9 Å². The van der Waals surface area contributed by atoms with Gasteiger partial charge in [0.25, 0.3) is 0 Å². The highest BCUT2D eigenvalue weighted by molar-refractivity contribution is 7.89. The molecule has 1 N–H and O–H groups in total. The van der Waals surface area contributed by atoms with Crippen LogP contribution >= 0.6 is 0 Å². The minimum absolute atomic E-state index is 0.211. The highest BCUT2D eigenvalue weighted by Gasteiger charge is 2.25. The zero-order valence-corrected chi connectivity index (χ0v) is 14.8. The molecule has 2 rings (SSSR count). The molecule has 6 heteroatoms. The number of benzene rings is 1. The van der Waals surface area contributed by atoms with Gasteiger partial charge in [-0.1, -0.05) is 36.8 Å². The molecular weight excluding hydrogens is 324 g/mol. The largest absolute Gasteiger partial charge is 0.348 e. The Morgan fingerprint density at radius 1 is 1.21 bits per heavy atom. The second-order valence-corrected chi connectivity index (χ2v) is 7.65. The molecule has 1 aromatic carbocycles. The van der Waals surface area contributed by atoms with Gasteiger partial charge in [-0.3, -0.25) is 4.79 Å². The van der Waals surface area contributed by atoms with Gasteiger partial charge in [0.15, 0.2) is 0 Å². The van der Waals surface area contributed by atoms with E-state index in [4.69, 9.17) is 0 Å². The Morgan fingerprint density at radius 2 is 1.96 bits per heavy atom. The molecule has 1 heterocycles. The molecule has 1 aliphatic rings. The van der Waals surface area contributed by atoms with Crippen LogP contribution in [0.5, 0.6) is 0 Å². The van der Waals surface area contributed by atoms with E-state index in [1.807, 2.05) is 19.1 Å². The van der Waals surface area contributed by atoms with Gasteiger partial charge in [0.2, 0.25) is 15.9 Å². The van der Waals surface area contributed by atoms with Crippen molar-refractivity contribution < 1.29 is 13.2 Å². The summed E-state index contributed by atoms with van der Waals surface area (Å²) in [5.74, 6) is -0.211. The van der Waals surface area contributed by atoms with Crippen LogP contribution in [0.2, 0.25) is 0 Å². The minimum atomic E-state index is -3.44. The monoisotopic (exact) mass is 348 g/mol. The Hall–Kier alpha value is -1.92. The molecule has 0 bridgehead atoms. The molecule has 0 radical (unpaired) electrons. The lowest BCUT2D eigenvalue weighted by molar-refractivity contribution is -0.116. The second-order valence-electron chi connectivity index (χ2n) is 5.71. The Morgan fingerprint density at radius 3 is 2.67 bits per heavy atom. The summed E-state index contributed by atoms with van der Waals surface area (Å²) >= 11 is 0. The number of allylic oxidation sites excluding steroid dienone is 3. The molecule has 24 heavy (non-hydrogen) atoms. The first kappa shape index (κ1) is 18.4. The fourth-order valence-electron chi connectivity index (χ4n) is 2.57. The summed E-state index contributed by atoms with van der Waals surface area (Å²) in [5.41, 5.74) is 0.765. The number of hydrogen-bond donors (Lipinski definition) is 1. The molecule has 0 aromatic heterocycles. The molecule has 1 saturated heterocycles. The molecule has 0 aliphatic carbocycles. The number of carbonyl (C=O) groups excluding carboxylic acids is 1. The number of sulfonamides is 1. The molecule has 1 aromatic rings. The summed E-state index contributed by atoms with van der Waals surface area (Å²) in [5, 5.41) is 2.75. The van der Waals surface area contributed by atoms with Crippen LogP contribution in [0.15, 0.2) is 53.5 Å². The third-order valence-corrected chi connectivity index (χ3v) is 5.76. The number of rotatable bonds is 6. The van der Waals surface area contributed by atoms with Crippen molar-refractivity contribution in [2.45, 2.75) is 37.6 Å². The molecular formula is C18H24N2O3S. The van der Waals surface area contributed by atoms with Gasteiger partial charge in [-0.2, -0.15) is 4.31 Å². The first-order chi connectivity index (χ1) is 11.5. The maximum absolute atomic E-state index is 12.7. The zero-order valence-electron chi connectivity index (χ0n) is 13.9. The third kappa shape index (κ3) is 5.04. The summed E-state index contributed by atoms with van der Waals surface area (Å²) in [6.07, 6.45) is 9.60. The Balaban J connectivity index is 2.04. The number of hydrogen-bond acceptors (Lipinski definition) is 3. The Bertz CT molecular complexity index is 718. The predicted octanol–water partition coefficient (Wildman–Crippen LogP) is 2.61. The van der Waals surface area contributed by atoms with Crippen molar-refractivity contribution in [3.8, 4) is 0 Å². The maximum atomic E-state index is 12.7. The Kier molecular flexibility index (Phi) is 6.75. The van der Waals surface area contributed by atoms with E-state index in [0.29, 0.717) is 24.5 Å². The fourth-order valence-corrected chi connectivity index (χ4v) is 4.16. The smallest absolute Gasteiger partial charge is 0.244 e. The number of nitrogens with zero attached hydrogens (tertiary/aromatic N) is 1. The van der Waals surface area contributed by atoms with E-state index < -0.39 is 10.0 Å². The van der Waals surface area contributed by atoms with Crippen LogP contribution in [0.1, 0.15) is 31.7 Å². The van der Waals surface area contributed by atoms with Crippen LogP contribution in [0.25, 0.3) is 0 Å². The summed E-state index contributed by atoms with van der Waals surface area (Å²) in [6, 6.07) is 6.78. The third-order valence-electron chi connectivity index (χ3n) is 3.87. The molecule has 1 fully saturated rings. The fraction of sp³-hybridized carbons (Fsp3) is 0.389. The van der Waals surface area contributed by atoms with Crippen molar-refractivity contribution in [1.82, 2.24) is 9.62 Å². The van der Waals surface area contributed by atoms with Crippen LogP contribution in [-0.4, -0.2) is 31.7 Å². The van der Waals surface area contributed by atoms with Crippen LogP contribution in [-0.2, 0) is 21.4 Å². The number of piperidine rings is 1. The highest BCUT2D eigenvalue weighted by Crippen LogP contribution is 2.21. The summed E-state index contributed by atoms with van der Waals surface area (Å²) < 4.78 is 26.9. The SMILES string of the molecule is CC=CC=CC(=O)NCc1cccc(S(=O)(=O)N2CCCCC2)c1. The van der Waals surface area contributed by atoms with Gasteiger partial charge in [0.05, 0.1) is 4.90 Å². The van der Waals surface area contributed by atoms with E-state index in [-0.39, 0.29) is 5.91 Å². The van der Waals surface area contributed by atoms with Crippen molar-refractivity contribution in [3.05, 3.63) is 54.1 Å². The lowest BCUT2D eigenvalue weighted by Gasteiger charge is -2.26. The maximum Gasteiger partial charge on any atom is 0.244 e. The predicted molar refractivity (Wildman–Crippen MR) is 94.9 cm³/mol. The van der Waals surface area contributed by atoms with Crippen LogP contribution in [0, 0.1) is 0 Å². The van der Waals surface area contributed by atoms with Gasteiger partial charge in [-0.15, -0.1) is 0 Å². The van der Waals surface area contributed by atoms with Crippen molar-refractivity contribution in [2.75, 3.05) is 13.1 Å². The summed E-state index contributed by atoms with van der Waals surface area (Å²) in [4.78, 5) is 12.0. The van der Waals surface area contributed by atoms with Crippen molar-refractivity contribution in [2.24, 2.45) is 0 Å². The topological polar surface area (TPSA) is 66.5 Å². The average Bonchev–Trinajstić information content (AvgIpc) is 2.61. The molecule has 0 atom stereocenters. The van der Waals surface area contributed by atoms with Gasteiger partial charge in [0, 0.05) is 25.7 Å². The van der Waals surface area contributed by atoms with Crippen LogP contribution in [0.3, 0.4) is 0 Å². The van der Waals surface area contributed by atoms with E-state index in [2.05, 4.69) is 5.32 Å². The van der Waals surface area contributed by atoms with Crippen molar-refractivity contribution in [3.63, 3.8) is 0 Å². The standard InChI is InChI=1S/C18H24N2O3S/c1-2-3-5-11-18(21)19-15-16-9-8-10-17(14-16)24(22,23)20-12-6-4-7-13-20/h2-3,5,8-11,14H,4,6-7,12-13,15H2,1H3,(H,19,21). The first-order valence-electron chi connectivity index (χ1n) is 8.20. The minimum Gasteiger partial charge on any atom is -0.348 e. The van der Waals surface area contributed by atoms with Gasteiger partial charge in [-0.05, 0) is 37.5 Å². The molecule has 5 nitrogen and oxygen atoms in total. The van der Waals surface area contributed by atoms with E-state index >= 15 is 0 Å². The molecule has 0 unspecified atom stereocenters. The number of nitrogens with one attached hydrogen (secondary N) is 1.